The molecule has 6 nitrogen and oxygen atoms in total. The molecule has 0 bridgehead atoms. The quantitative estimate of drug-likeness (QED) is 0.694. The number of rotatable bonds is 6. The molecule has 0 aliphatic rings. The van der Waals surface area contributed by atoms with Gasteiger partial charge in [-0.25, -0.2) is 4.98 Å². The molecule has 1 N–H and O–H groups in total. The number of aromatic nitrogens is 3. The summed E-state index contributed by atoms with van der Waals surface area (Å²) in [5.41, 5.74) is 0.888. The Morgan fingerprint density at radius 2 is 2.22 bits per heavy atom. The summed E-state index contributed by atoms with van der Waals surface area (Å²) in [4.78, 5) is 8.94. The van der Waals surface area contributed by atoms with Crippen molar-refractivity contribution in [1.82, 2.24) is 15.1 Å². The third-order valence-electron chi connectivity index (χ3n) is 2.91. The van der Waals surface area contributed by atoms with Gasteiger partial charge in [0, 0.05) is 12.6 Å². The van der Waals surface area contributed by atoms with E-state index in [9.17, 15) is 0 Å². The van der Waals surface area contributed by atoms with E-state index < -0.39 is 0 Å². The van der Waals surface area contributed by atoms with E-state index in [1.54, 1.807) is 12.3 Å². The van der Waals surface area contributed by atoms with Crippen molar-refractivity contribution < 1.29 is 9.26 Å². The van der Waals surface area contributed by atoms with Crippen LogP contribution in [0.25, 0.3) is 10.7 Å². The standard InChI is InChI=1S/C15H15ClN4O2S/c1-9(2)6-17-12-4-3-10(5-11(12)16)22-15-18-7-13(23-15)14-19-8-21-20-14/h3-5,7-9,17H,6H2,1-2H3. The molecule has 0 spiro atoms. The zero-order valence-corrected chi connectivity index (χ0v) is 14.2. The maximum Gasteiger partial charge on any atom is 0.279 e. The van der Waals surface area contributed by atoms with Crippen molar-refractivity contribution >= 4 is 28.6 Å². The van der Waals surface area contributed by atoms with Crippen LogP contribution in [-0.4, -0.2) is 21.7 Å². The van der Waals surface area contributed by atoms with Gasteiger partial charge in [-0.2, -0.15) is 4.98 Å². The van der Waals surface area contributed by atoms with E-state index in [2.05, 4.69) is 34.3 Å². The average Bonchev–Trinajstić information content (AvgIpc) is 3.17. The zero-order valence-electron chi connectivity index (χ0n) is 12.6. The van der Waals surface area contributed by atoms with Gasteiger partial charge in [-0.05, 0) is 18.1 Å². The molecule has 0 aliphatic carbocycles. The minimum absolute atomic E-state index is 0.489. The molecular formula is C15H15ClN4O2S. The number of anilines is 1. The lowest BCUT2D eigenvalue weighted by Gasteiger charge is -2.11. The maximum atomic E-state index is 6.27. The number of thiazole rings is 1. The van der Waals surface area contributed by atoms with Crippen LogP contribution in [0.15, 0.2) is 35.3 Å². The Morgan fingerprint density at radius 3 is 2.91 bits per heavy atom. The van der Waals surface area contributed by atoms with Gasteiger partial charge in [0.15, 0.2) is 0 Å². The zero-order chi connectivity index (χ0) is 16.2. The Kier molecular flexibility index (Phi) is 4.78. The average molecular weight is 351 g/mol. The first-order chi connectivity index (χ1) is 11.1. The third kappa shape index (κ3) is 4.00. The molecule has 0 aliphatic heterocycles. The van der Waals surface area contributed by atoms with Crippen LogP contribution in [0.5, 0.6) is 10.9 Å². The summed E-state index contributed by atoms with van der Waals surface area (Å²) in [7, 11) is 0. The molecule has 3 aromatic rings. The lowest BCUT2D eigenvalue weighted by Crippen LogP contribution is -2.08. The van der Waals surface area contributed by atoms with E-state index in [1.165, 1.54) is 17.7 Å². The Bertz CT molecular complexity index is 774. The minimum atomic E-state index is 0.489. The molecule has 3 rings (SSSR count). The molecule has 2 heterocycles. The van der Waals surface area contributed by atoms with Gasteiger partial charge in [0.05, 0.1) is 21.8 Å². The van der Waals surface area contributed by atoms with Gasteiger partial charge in [-0.15, -0.1) is 0 Å². The van der Waals surface area contributed by atoms with E-state index in [0.717, 1.165) is 17.1 Å². The van der Waals surface area contributed by atoms with Crippen molar-refractivity contribution in [3.63, 3.8) is 0 Å². The molecule has 0 amide bonds. The van der Waals surface area contributed by atoms with Crippen molar-refractivity contribution in [2.45, 2.75) is 13.8 Å². The Morgan fingerprint density at radius 1 is 1.35 bits per heavy atom. The van der Waals surface area contributed by atoms with Gasteiger partial charge in [0.2, 0.25) is 12.2 Å². The Hall–Kier alpha value is -2.12. The molecule has 0 radical (unpaired) electrons. The van der Waals surface area contributed by atoms with Crippen LogP contribution in [0.3, 0.4) is 0 Å². The van der Waals surface area contributed by atoms with Gasteiger partial charge in [0.1, 0.15) is 5.75 Å². The normalized spacial score (nSPS) is 11.0. The monoisotopic (exact) mass is 350 g/mol. The molecule has 0 unspecified atom stereocenters. The fourth-order valence-corrected chi connectivity index (χ4v) is 2.76. The van der Waals surface area contributed by atoms with Gasteiger partial charge in [-0.1, -0.05) is 41.9 Å². The molecule has 0 saturated carbocycles. The fraction of sp³-hybridized carbons (Fsp3) is 0.267. The first-order valence-electron chi connectivity index (χ1n) is 7.05. The topological polar surface area (TPSA) is 73.1 Å². The second-order valence-corrected chi connectivity index (χ2v) is 6.66. The first-order valence-corrected chi connectivity index (χ1v) is 8.25. The summed E-state index contributed by atoms with van der Waals surface area (Å²) in [5.74, 6) is 1.66. The van der Waals surface area contributed by atoms with Crippen molar-refractivity contribution in [2.75, 3.05) is 11.9 Å². The lowest BCUT2D eigenvalue weighted by atomic mass is 10.2. The summed E-state index contributed by atoms with van der Waals surface area (Å²) < 4.78 is 10.4. The van der Waals surface area contributed by atoms with E-state index in [-0.39, 0.29) is 0 Å². The highest BCUT2D eigenvalue weighted by Crippen LogP contribution is 2.34. The largest absolute Gasteiger partial charge is 0.431 e. The summed E-state index contributed by atoms with van der Waals surface area (Å²) >= 11 is 7.61. The Balaban J connectivity index is 1.69. The summed E-state index contributed by atoms with van der Waals surface area (Å²) in [6.07, 6.45) is 2.92. The van der Waals surface area contributed by atoms with Gasteiger partial charge >= 0.3 is 0 Å². The van der Waals surface area contributed by atoms with E-state index >= 15 is 0 Å². The highest BCUT2D eigenvalue weighted by atomic mass is 35.5. The van der Waals surface area contributed by atoms with E-state index in [1.807, 2.05) is 12.1 Å². The second-order valence-electron chi connectivity index (χ2n) is 5.26. The molecule has 23 heavy (non-hydrogen) atoms. The molecular weight excluding hydrogens is 336 g/mol. The van der Waals surface area contributed by atoms with Crippen LogP contribution in [0.4, 0.5) is 5.69 Å². The van der Waals surface area contributed by atoms with Gasteiger partial charge < -0.3 is 14.6 Å². The van der Waals surface area contributed by atoms with Crippen LogP contribution in [-0.2, 0) is 0 Å². The summed E-state index contributed by atoms with van der Waals surface area (Å²) in [5, 5.41) is 8.16. The number of hydrogen-bond acceptors (Lipinski definition) is 7. The number of benzene rings is 1. The highest BCUT2D eigenvalue weighted by molar-refractivity contribution is 7.16. The SMILES string of the molecule is CC(C)CNc1ccc(Oc2ncc(-c3ncon3)s2)cc1Cl. The molecule has 0 fully saturated rings. The first kappa shape index (κ1) is 15.8. The predicted octanol–water partition coefficient (Wildman–Crippen LogP) is 4.71. The van der Waals surface area contributed by atoms with Crippen LogP contribution < -0.4 is 10.1 Å². The number of ether oxygens (including phenoxy) is 1. The number of nitrogens with zero attached hydrogens (tertiary/aromatic N) is 3. The van der Waals surface area contributed by atoms with Crippen LogP contribution in [0, 0.1) is 5.92 Å². The van der Waals surface area contributed by atoms with Crippen LogP contribution >= 0.6 is 22.9 Å². The maximum absolute atomic E-state index is 6.27. The minimum Gasteiger partial charge on any atom is -0.431 e. The number of hydrogen-bond donors (Lipinski definition) is 1. The van der Waals surface area contributed by atoms with E-state index in [0.29, 0.717) is 27.7 Å². The van der Waals surface area contributed by atoms with Crippen molar-refractivity contribution in [3.8, 4) is 21.6 Å². The highest BCUT2D eigenvalue weighted by Gasteiger charge is 2.11. The summed E-state index contributed by atoms with van der Waals surface area (Å²) in [6.45, 7) is 5.14. The number of halogens is 1. The molecule has 2 aromatic heterocycles. The smallest absolute Gasteiger partial charge is 0.279 e. The fourth-order valence-electron chi connectivity index (χ4n) is 1.81. The molecule has 0 saturated heterocycles. The van der Waals surface area contributed by atoms with Crippen molar-refractivity contribution in [1.29, 1.82) is 0 Å². The molecule has 8 heteroatoms. The van der Waals surface area contributed by atoms with Crippen LogP contribution in [0.1, 0.15) is 13.8 Å². The second kappa shape index (κ2) is 6.97. The van der Waals surface area contributed by atoms with Crippen LogP contribution in [0.2, 0.25) is 5.02 Å². The predicted molar refractivity (Wildman–Crippen MR) is 90.3 cm³/mol. The molecule has 1 aromatic carbocycles. The van der Waals surface area contributed by atoms with Gasteiger partial charge in [-0.3, -0.25) is 0 Å². The third-order valence-corrected chi connectivity index (χ3v) is 4.10. The van der Waals surface area contributed by atoms with Gasteiger partial charge in [0.25, 0.3) is 5.19 Å². The van der Waals surface area contributed by atoms with E-state index in [4.69, 9.17) is 20.9 Å². The molecule has 0 atom stereocenters. The number of nitrogens with one attached hydrogen (secondary N) is 1. The van der Waals surface area contributed by atoms with Crippen molar-refractivity contribution in [3.05, 3.63) is 35.8 Å². The lowest BCUT2D eigenvalue weighted by molar-refractivity contribution is 0.419. The molecule has 120 valence electrons. The summed E-state index contributed by atoms with van der Waals surface area (Å²) in [6, 6.07) is 5.51. The Labute approximate surface area is 142 Å². The van der Waals surface area contributed by atoms with Crippen molar-refractivity contribution in [2.24, 2.45) is 5.92 Å².